The Morgan fingerprint density at radius 2 is 1.35 bits per heavy atom. The van der Waals surface area contributed by atoms with Crippen molar-refractivity contribution in [1.29, 1.82) is 0 Å². The topological polar surface area (TPSA) is 110 Å². The Hall–Kier alpha value is -1.88. The van der Waals surface area contributed by atoms with Gasteiger partial charge in [0.05, 0.1) is 59.0 Å². The van der Waals surface area contributed by atoms with Gasteiger partial charge < -0.3 is 40.5 Å². The first-order valence-corrected chi connectivity index (χ1v) is 22.3. The van der Waals surface area contributed by atoms with Gasteiger partial charge in [0.15, 0.2) is 0 Å². The molecule has 10 atom stereocenters. The van der Waals surface area contributed by atoms with Crippen LogP contribution in [-0.2, 0) is 9.47 Å². The highest BCUT2D eigenvalue weighted by Crippen LogP contribution is 2.77. The molecular formula is C44H78N6O4+2. The number of fused-ring (bicyclic) bond motifs is 7. The maximum absolute atomic E-state index is 13.1. The molecule has 0 aromatic rings. The van der Waals surface area contributed by atoms with E-state index in [4.69, 9.17) is 9.47 Å². The van der Waals surface area contributed by atoms with Gasteiger partial charge in [0.25, 0.3) is 0 Å². The van der Waals surface area contributed by atoms with Crippen LogP contribution in [0.4, 0.5) is 9.59 Å². The number of carbonyl (C=O) groups is 2. The van der Waals surface area contributed by atoms with Crippen molar-refractivity contribution in [1.82, 2.24) is 21.3 Å². The summed E-state index contributed by atoms with van der Waals surface area (Å²) in [6.45, 7) is 32.2. The fraction of sp³-hybridized carbons (Fsp3) is 0.909. The first-order chi connectivity index (χ1) is 25.7. The molecule has 4 unspecified atom stereocenters. The molecule has 7 fully saturated rings. The van der Waals surface area contributed by atoms with E-state index < -0.39 is 0 Å². The molecule has 6 N–H and O–H groups in total. The largest absolute Gasteiger partial charge is 0.449 e. The highest BCUT2D eigenvalue weighted by atomic mass is 16.6. The standard InChI is InChI=1S/C44H76N6O4/c1-31(2)32-10-15-44(30-53-38(51)47-22-28-49-24-18-45-19-25-49)17-16-42(6)33(37(32)44)8-9-35-41(5)13-12-36(40(3,4)34(41)11-14-43(35,42)7)54-39(52)48-23-29-50-26-20-46-21-27-50/h32-37,45-46H,1,8-30H2,2-7H3,(H,47,51)(H,48,52)/p+2/t32-,33?,34?,35?,36-,37?,41-,42+,43+,44+/m0/s1. The molecule has 306 valence electrons. The molecule has 5 aliphatic carbocycles. The number of piperazine rings is 2. The quantitative estimate of drug-likeness (QED) is 0.191. The van der Waals surface area contributed by atoms with Crippen LogP contribution in [-0.4, -0.2) is 103 Å². The van der Waals surface area contributed by atoms with Crippen molar-refractivity contribution in [2.75, 3.05) is 85.1 Å². The number of rotatable bonds is 10. The summed E-state index contributed by atoms with van der Waals surface area (Å²) in [4.78, 5) is 29.4. The second-order valence-electron chi connectivity index (χ2n) is 20.7. The third kappa shape index (κ3) is 7.25. The first-order valence-electron chi connectivity index (χ1n) is 22.3. The average molecular weight is 755 g/mol. The van der Waals surface area contributed by atoms with Crippen molar-refractivity contribution in [3.63, 3.8) is 0 Å². The third-order valence-corrected chi connectivity index (χ3v) is 18.0. The molecule has 2 saturated heterocycles. The lowest BCUT2D eigenvalue weighted by Gasteiger charge is -2.73. The van der Waals surface area contributed by atoms with Crippen LogP contribution in [0.15, 0.2) is 12.2 Å². The second-order valence-corrected chi connectivity index (χ2v) is 20.7. The number of carbonyl (C=O) groups excluding carboxylic acids is 2. The summed E-state index contributed by atoms with van der Waals surface area (Å²) in [5.41, 5.74) is 1.99. The lowest BCUT2D eigenvalue weighted by atomic mass is 9.32. The molecule has 10 nitrogen and oxygen atoms in total. The van der Waals surface area contributed by atoms with E-state index in [-0.39, 0.29) is 45.4 Å². The summed E-state index contributed by atoms with van der Waals surface area (Å²) >= 11 is 0. The van der Waals surface area contributed by atoms with Gasteiger partial charge in [-0.3, -0.25) is 0 Å². The summed E-state index contributed by atoms with van der Waals surface area (Å²) in [7, 11) is 0. The number of hydrogen-bond donors (Lipinski definition) is 6. The molecule has 5 saturated carbocycles. The molecule has 2 amide bonds. The number of amides is 2. The van der Waals surface area contributed by atoms with Crippen molar-refractivity contribution in [2.45, 2.75) is 112 Å². The van der Waals surface area contributed by atoms with Crippen LogP contribution in [0, 0.1) is 56.7 Å². The van der Waals surface area contributed by atoms with Gasteiger partial charge >= 0.3 is 12.2 Å². The maximum atomic E-state index is 13.1. The summed E-state index contributed by atoms with van der Waals surface area (Å²) in [6, 6.07) is 0. The van der Waals surface area contributed by atoms with Crippen molar-refractivity contribution >= 4 is 12.2 Å². The Balaban J connectivity index is 1.01. The number of alkyl carbamates (subject to hydrolysis) is 2. The zero-order chi connectivity index (χ0) is 38.4. The first kappa shape index (κ1) is 40.3. The van der Waals surface area contributed by atoms with Crippen molar-refractivity contribution in [3.8, 4) is 0 Å². The molecule has 2 aliphatic heterocycles. The van der Waals surface area contributed by atoms with E-state index in [0.717, 1.165) is 91.1 Å². The Bertz CT molecular complexity index is 1360. The number of ether oxygens (including phenoxy) is 2. The Kier molecular flexibility index (Phi) is 11.8. The highest BCUT2D eigenvalue weighted by molar-refractivity contribution is 5.67. The van der Waals surface area contributed by atoms with E-state index in [0.29, 0.717) is 49.3 Å². The van der Waals surface area contributed by atoms with E-state index in [1.807, 2.05) is 0 Å². The minimum Gasteiger partial charge on any atom is -0.449 e. The summed E-state index contributed by atoms with van der Waals surface area (Å²) < 4.78 is 12.5. The smallest absolute Gasteiger partial charge is 0.407 e. The van der Waals surface area contributed by atoms with Crippen molar-refractivity contribution < 1.29 is 28.9 Å². The van der Waals surface area contributed by atoms with Crippen LogP contribution in [0.5, 0.6) is 0 Å². The molecule has 7 aliphatic rings. The SMILES string of the molecule is C=C(C)[C@@H]1CC[C@]2(COC(=O)NCC[NH+]3CCNCC3)CC[C@]3(C)C(CCC4[C@@]5(C)CC[C@H](OC(=O)NCC[NH+]6CCNCC6)C(C)(C)C5CC[C@]43C)C12. The van der Waals surface area contributed by atoms with E-state index in [2.05, 4.69) is 69.4 Å². The van der Waals surface area contributed by atoms with Gasteiger partial charge in [-0.05, 0) is 117 Å². The summed E-state index contributed by atoms with van der Waals surface area (Å²) in [5, 5.41) is 13.1. The van der Waals surface area contributed by atoms with E-state index in [9.17, 15) is 9.59 Å². The minimum absolute atomic E-state index is 0.0451. The van der Waals surface area contributed by atoms with Crippen LogP contribution in [0.3, 0.4) is 0 Å². The number of quaternary nitrogens is 2. The second kappa shape index (κ2) is 15.8. The zero-order valence-corrected chi connectivity index (χ0v) is 35.1. The van der Waals surface area contributed by atoms with Crippen LogP contribution in [0.1, 0.15) is 106 Å². The van der Waals surface area contributed by atoms with E-state index >= 15 is 0 Å². The highest BCUT2D eigenvalue weighted by Gasteiger charge is 2.71. The molecule has 0 aromatic carbocycles. The fourth-order valence-corrected chi connectivity index (χ4v) is 14.9. The molecule has 7 rings (SSSR count). The summed E-state index contributed by atoms with van der Waals surface area (Å²) in [5.74, 6) is 2.80. The monoisotopic (exact) mass is 755 g/mol. The van der Waals surface area contributed by atoms with E-state index in [1.54, 1.807) is 9.80 Å². The molecule has 2 heterocycles. The fourth-order valence-electron chi connectivity index (χ4n) is 14.9. The van der Waals surface area contributed by atoms with Gasteiger partial charge in [-0.15, -0.1) is 0 Å². The molecule has 0 bridgehead atoms. The van der Waals surface area contributed by atoms with Gasteiger partial charge in [-0.25, -0.2) is 9.59 Å². The maximum Gasteiger partial charge on any atom is 0.407 e. The summed E-state index contributed by atoms with van der Waals surface area (Å²) in [6.07, 6.45) is 11.2. The van der Waals surface area contributed by atoms with Crippen LogP contribution < -0.4 is 31.1 Å². The number of hydrogen-bond acceptors (Lipinski definition) is 6. The molecule has 10 heteroatoms. The zero-order valence-electron chi connectivity index (χ0n) is 35.1. The third-order valence-electron chi connectivity index (χ3n) is 18.0. The Labute approximate surface area is 327 Å². The van der Waals surface area contributed by atoms with Gasteiger partial charge in [-0.2, -0.15) is 0 Å². The normalized spacial score (nSPS) is 42.0. The van der Waals surface area contributed by atoms with Gasteiger partial charge in [0.1, 0.15) is 6.10 Å². The number of nitrogens with one attached hydrogen (secondary N) is 6. The lowest BCUT2D eigenvalue weighted by molar-refractivity contribution is -0.900. The van der Waals surface area contributed by atoms with Gasteiger partial charge in [0, 0.05) is 37.0 Å². The Morgan fingerprint density at radius 3 is 1.98 bits per heavy atom. The van der Waals surface area contributed by atoms with Crippen LogP contribution in [0.25, 0.3) is 0 Å². The molecular weight excluding hydrogens is 677 g/mol. The van der Waals surface area contributed by atoms with E-state index in [1.165, 1.54) is 44.1 Å². The predicted molar refractivity (Wildman–Crippen MR) is 213 cm³/mol. The van der Waals surface area contributed by atoms with Gasteiger partial charge in [-0.1, -0.05) is 46.8 Å². The minimum atomic E-state index is -0.234. The number of allylic oxidation sites excluding steroid dienone is 1. The predicted octanol–water partition coefficient (Wildman–Crippen LogP) is 3.44. The molecule has 54 heavy (non-hydrogen) atoms. The molecule has 0 radical (unpaired) electrons. The van der Waals surface area contributed by atoms with Gasteiger partial charge in [0.2, 0.25) is 0 Å². The van der Waals surface area contributed by atoms with Crippen LogP contribution in [0.2, 0.25) is 0 Å². The van der Waals surface area contributed by atoms with Crippen molar-refractivity contribution in [2.24, 2.45) is 56.7 Å². The average Bonchev–Trinajstić information content (AvgIpc) is 3.53. The lowest BCUT2D eigenvalue weighted by Crippen LogP contribution is -3.15. The Morgan fingerprint density at radius 1 is 0.722 bits per heavy atom. The van der Waals surface area contributed by atoms with Crippen molar-refractivity contribution in [3.05, 3.63) is 12.2 Å². The molecule has 0 spiro atoms. The van der Waals surface area contributed by atoms with Crippen LogP contribution >= 0.6 is 0 Å². The molecule has 0 aromatic heterocycles.